The standard InChI is InChI=1S/C8H15N2O2S/c1-9(2)8(10(3)4)13-7(5-11)6-12/h5-7H,1-4H3/q+1. The van der Waals surface area contributed by atoms with Gasteiger partial charge in [0.1, 0.15) is 17.8 Å². The maximum atomic E-state index is 10.4. The summed E-state index contributed by atoms with van der Waals surface area (Å²) in [4.78, 5) is 22.7. The van der Waals surface area contributed by atoms with E-state index in [1.807, 2.05) is 37.7 Å². The average Bonchev–Trinajstić information content (AvgIpc) is 2.05. The molecule has 74 valence electrons. The van der Waals surface area contributed by atoms with E-state index < -0.39 is 5.25 Å². The third-order valence-electron chi connectivity index (χ3n) is 1.27. The minimum Gasteiger partial charge on any atom is -0.302 e. The van der Waals surface area contributed by atoms with Crippen LogP contribution in [0, 0.1) is 0 Å². The third-order valence-corrected chi connectivity index (χ3v) is 2.71. The van der Waals surface area contributed by atoms with E-state index in [9.17, 15) is 9.59 Å². The normalized spacial score (nSPS) is 9.62. The molecule has 0 aliphatic carbocycles. The lowest BCUT2D eigenvalue weighted by Crippen LogP contribution is -2.29. The minimum atomic E-state index is -0.611. The van der Waals surface area contributed by atoms with Gasteiger partial charge in [0.2, 0.25) is 0 Å². The van der Waals surface area contributed by atoms with Crippen molar-refractivity contribution in [1.82, 2.24) is 4.90 Å². The first-order valence-corrected chi connectivity index (χ1v) is 4.69. The fraction of sp³-hybridized carbons (Fsp3) is 0.625. The number of nitrogens with zero attached hydrogens (tertiary/aromatic N) is 2. The lowest BCUT2D eigenvalue weighted by molar-refractivity contribution is -0.466. The van der Waals surface area contributed by atoms with Crippen LogP contribution in [0.2, 0.25) is 0 Å². The van der Waals surface area contributed by atoms with Crippen molar-refractivity contribution in [1.29, 1.82) is 0 Å². The summed E-state index contributed by atoms with van der Waals surface area (Å²) in [6.07, 6.45) is 1.29. The number of hydrogen-bond acceptors (Lipinski definition) is 3. The highest BCUT2D eigenvalue weighted by Crippen LogP contribution is 2.10. The molecule has 0 unspecified atom stereocenters. The molecule has 0 bridgehead atoms. The molecule has 0 N–H and O–H groups in total. The maximum absolute atomic E-state index is 10.4. The van der Waals surface area contributed by atoms with E-state index in [1.165, 1.54) is 11.8 Å². The Hall–Kier alpha value is -0.840. The van der Waals surface area contributed by atoms with Crippen molar-refractivity contribution in [3.05, 3.63) is 0 Å². The van der Waals surface area contributed by atoms with E-state index >= 15 is 0 Å². The molecule has 13 heavy (non-hydrogen) atoms. The molecule has 4 nitrogen and oxygen atoms in total. The number of thioether (sulfide) groups is 1. The van der Waals surface area contributed by atoms with Crippen LogP contribution >= 0.6 is 11.8 Å². The molecule has 0 saturated heterocycles. The van der Waals surface area contributed by atoms with Gasteiger partial charge in [-0.25, -0.2) is 0 Å². The summed E-state index contributed by atoms with van der Waals surface area (Å²) in [5.74, 6) is 0. The summed E-state index contributed by atoms with van der Waals surface area (Å²) < 4.78 is 1.87. The van der Waals surface area contributed by atoms with Crippen LogP contribution < -0.4 is 0 Å². The highest BCUT2D eigenvalue weighted by atomic mass is 32.2. The molecule has 0 radical (unpaired) electrons. The second-order valence-corrected chi connectivity index (χ2v) is 4.07. The van der Waals surface area contributed by atoms with Gasteiger partial charge in [0.05, 0.1) is 28.2 Å². The van der Waals surface area contributed by atoms with Crippen LogP contribution in [-0.2, 0) is 9.59 Å². The van der Waals surface area contributed by atoms with Crippen LogP contribution in [0.5, 0.6) is 0 Å². The molecular formula is C8H15N2O2S+. The molecule has 0 spiro atoms. The number of hydrogen-bond donors (Lipinski definition) is 0. The Morgan fingerprint density at radius 3 is 2.00 bits per heavy atom. The van der Waals surface area contributed by atoms with Crippen molar-refractivity contribution in [3.63, 3.8) is 0 Å². The van der Waals surface area contributed by atoms with E-state index in [0.29, 0.717) is 12.6 Å². The Morgan fingerprint density at radius 2 is 1.77 bits per heavy atom. The van der Waals surface area contributed by atoms with Gasteiger partial charge in [-0.3, -0.25) is 9.48 Å². The first kappa shape index (κ1) is 12.2. The van der Waals surface area contributed by atoms with Crippen molar-refractivity contribution >= 4 is 29.5 Å². The zero-order valence-corrected chi connectivity index (χ0v) is 9.17. The molecule has 0 aliphatic rings. The Kier molecular flexibility index (Phi) is 5.37. The topological polar surface area (TPSA) is 40.4 Å². The molecule has 0 saturated carbocycles. The van der Waals surface area contributed by atoms with Gasteiger partial charge in [-0.05, 0) is 11.8 Å². The van der Waals surface area contributed by atoms with E-state index in [-0.39, 0.29) is 0 Å². The SMILES string of the molecule is CN(C)C(SC(C=O)C=O)=[N+](C)C. The van der Waals surface area contributed by atoms with Crippen LogP contribution in [0.3, 0.4) is 0 Å². The summed E-state index contributed by atoms with van der Waals surface area (Å²) in [5, 5.41) is 0.268. The molecule has 5 heteroatoms. The lowest BCUT2D eigenvalue weighted by atomic mass is 10.5. The van der Waals surface area contributed by atoms with Crippen molar-refractivity contribution in [3.8, 4) is 0 Å². The third kappa shape index (κ3) is 4.07. The van der Waals surface area contributed by atoms with Crippen molar-refractivity contribution in [2.75, 3.05) is 28.2 Å². The number of carbonyl (C=O) groups excluding carboxylic acids is 2. The predicted molar refractivity (Wildman–Crippen MR) is 54.3 cm³/mol. The van der Waals surface area contributed by atoms with E-state index in [2.05, 4.69) is 0 Å². The molecule has 0 atom stereocenters. The Morgan fingerprint density at radius 1 is 1.31 bits per heavy atom. The highest BCUT2D eigenvalue weighted by Gasteiger charge is 2.18. The smallest absolute Gasteiger partial charge is 0.302 e. The first-order valence-electron chi connectivity index (χ1n) is 3.81. The number of carbonyl (C=O) groups is 2. The first-order chi connectivity index (χ1) is 6.02. The molecule has 0 aromatic carbocycles. The maximum Gasteiger partial charge on any atom is 0.308 e. The van der Waals surface area contributed by atoms with Crippen molar-refractivity contribution in [2.45, 2.75) is 5.25 Å². The van der Waals surface area contributed by atoms with Crippen LogP contribution in [0.4, 0.5) is 0 Å². The average molecular weight is 203 g/mol. The van der Waals surface area contributed by atoms with E-state index in [4.69, 9.17) is 0 Å². The Labute approximate surface area is 82.6 Å². The number of rotatable bonds is 3. The van der Waals surface area contributed by atoms with E-state index in [0.717, 1.165) is 5.17 Å². The summed E-state index contributed by atoms with van der Waals surface area (Å²) in [6.45, 7) is 0. The lowest BCUT2D eigenvalue weighted by Gasteiger charge is -2.10. The van der Waals surface area contributed by atoms with Crippen molar-refractivity contribution in [2.24, 2.45) is 0 Å². The van der Waals surface area contributed by atoms with Gasteiger partial charge in [0, 0.05) is 0 Å². The van der Waals surface area contributed by atoms with Crippen LogP contribution in [0.15, 0.2) is 0 Å². The molecule has 0 aromatic rings. The molecule has 0 aromatic heterocycles. The summed E-state index contributed by atoms with van der Waals surface area (Å²) >= 11 is 1.24. The van der Waals surface area contributed by atoms with Gasteiger partial charge in [-0.1, -0.05) is 0 Å². The number of amidine groups is 1. The molecule has 0 amide bonds. The highest BCUT2D eigenvalue weighted by molar-refractivity contribution is 8.15. The minimum absolute atomic E-state index is 0.611. The van der Waals surface area contributed by atoms with Gasteiger partial charge in [-0.2, -0.15) is 0 Å². The number of aldehydes is 2. The van der Waals surface area contributed by atoms with Gasteiger partial charge < -0.3 is 9.59 Å². The van der Waals surface area contributed by atoms with Crippen LogP contribution in [0.25, 0.3) is 0 Å². The monoisotopic (exact) mass is 203 g/mol. The summed E-state index contributed by atoms with van der Waals surface area (Å²) in [7, 11) is 7.48. The summed E-state index contributed by atoms with van der Waals surface area (Å²) in [5.41, 5.74) is 0. The predicted octanol–water partition coefficient (Wildman–Crippen LogP) is -0.324. The van der Waals surface area contributed by atoms with Gasteiger partial charge in [-0.15, -0.1) is 0 Å². The Balaban J connectivity index is 4.53. The molecule has 0 rings (SSSR count). The quantitative estimate of drug-likeness (QED) is 0.207. The molecule has 0 heterocycles. The second-order valence-electron chi connectivity index (χ2n) is 2.93. The zero-order chi connectivity index (χ0) is 10.4. The van der Waals surface area contributed by atoms with Gasteiger partial charge in [0.25, 0.3) is 0 Å². The fourth-order valence-electron chi connectivity index (χ4n) is 0.820. The molecular weight excluding hydrogens is 188 g/mol. The fourth-order valence-corrected chi connectivity index (χ4v) is 1.60. The van der Waals surface area contributed by atoms with Gasteiger partial charge in [0.15, 0.2) is 0 Å². The van der Waals surface area contributed by atoms with E-state index in [1.54, 1.807) is 0 Å². The molecule has 0 aliphatic heterocycles. The zero-order valence-electron chi connectivity index (χ0n) is 8.35. The van der Waals surface area contributed by atoms with Crippen molar-refractivity contribution < 1.29 is 14.2 Å². The van der Waals surface area contributed by atoms with Gasteiger partial charge >= 0.3 is 5.17 Å². The van der Waals surface area contributed by atoms with Crippen LogP contribution in [-0.4, -0.2) is 60.7 Å². The Bertz CT molecular complexity index is 214. The largest absolute Gasteiger partial charge is 0.308 e. The van der Waals surface area contributed by atoms with Crippen LogP contribution in [0.1, 0.15) is 0 Å². The second kappa shape index (κ2) is 5.75. The molecule has 0 fully saturated rings. The summed E-state index contributed by atoms with van der Waals surface area (Å²) in [6, 6.07) is 0.